The number of aromatic carboxylic acids is 1. The highest BCUT2D eigenvalue weighted by atomic mass is 19.1. The molecule has 2 aliphatic rings. The van der Waals surface area contributed by atoms with E-state index in [1.54, 1.807) is 0 Å². The third kappa shape index (κ3) is 1.95. The molecule has 0 spiro atoms. The highest BCUT2D eigenvalue weighted by Gasteiger charge is 2.36. The van der Waals surface area contributed by atoms with Gasteiger partial charge in [0.15, 0.2) is 17.4 Å². The van der Waals surface area contributed by atoms with E-state index in [4.69, 9.17) is 5.11 Å². The molecule has 7 heteroatoms. The van der Waals surface area contributed by atoms with Crippen LogP contribution in [0.5, 0.6) is 5.75 Å². The van der Waals surface area contributed by atoms with Gasteiger partial charge in [0.1, 0.15) is 5.56 Å². The van der Waals surface area contributed by atoms with Crippen LogP contribution in [0.15, 0.2) is 11.0 Å². The smallest absolute Gasteiger partial charge is 0.341 e. The minimum atomic E-state index is -1.49. The van der Waals surface area contributed by atoms with Gasteiger partial charge >= 0.3 is 5.97 Å². The van der Waals surface area contributed by atoms with Crippen molar-refractivity contribution in [1.29, 1.82) is 0 Å². The van der Waals surface area contributed by atoms with Crippen LogP contribution in [0, 0.1) is 11.6 Å². The molecule has 0 unspecified atom stereocenters. The SMILES string of the molecule is O=C(O)c1cn(C2CC2)c2c(F)c(C3CC3)c(F)c(O)c2c1=O. The summed E-state index contributed by atoms with van der Waals surface area (Å²) >= 11 is 0. The van der Waals surface area contributed by atoms with Crippen LogP contribution < -0.4 is 5.43 Å². The van der Waals surface area contributed by atoms with Gasteiger partial charge in [-0.25, -0.2) is 13.6 Å². The van der Waals surface area contributed by atoms with Crippen LogP contribution in [0.1, 0.15) is 53.6 Å². The van der Waals surface area contributed by atoms with Crippen molar-refractivity contribution in [3.63, 3.8) is 0 Å². The normalized spacial score (nSPS) is 17.7. The number of hydrogen-bond donors (Lipinski definition) is 2. The molecule has 1 heterocycles. The molecule has 1 aromatic heterocycles. The summed E-state index contributed by atoms with van der Waals surface area (Å²) in [5.41, 5.74) is -2.06. The Morgan fingerprint density at radius 3 is 2.35 bits per heavy atom. The molecule has 1 aromatic carbocycles. The second kappa shape index (κ2) is 4.53. The Bertz CT molecular complexity index is 926. The standard InChI is InChI=1S/C16H13F2NO4/c17-11-9(6-1-2-6)12(18)15(21)10-13(11)19(7-3-4-7)5-8(14(10)20)16(22)23/h5-7,21H,1-4H2,(H,22,23). The molecule has 4 rings (SSSR count). The number of fused-ring (bicyclic) bond motifs is 1. The number of aromatic hydroxyl groups is 1. The summed E-state index contributed by atoms with van der Waals surface area (Å²) in [6.07, 6.45) is 3.78. The molecule has 0 atom stereocenters. The number of pyridine rings is 1. The van der Waals surface area contributed by atoms with E-state index >= 15 is 0 Å². The predicted molar refractivity (Wildman–Crippen MR) is 77.0 cm³/mol. The lowest BCUT2D eigenvalue weighted by Crippen LogP contribution is -2.20. The summed E-state index contributed by atoms with van der Waals surface area (Å²) < 4.78 is 30.6. The minimum absolute atomic E-state index is 0.136. The second-order valence-corrected chi connectivity index (χ2v) is 6.20. The van der Waals surface area contributed by atoms with Gasteiger partial charge < -0.3 is 14.8 Å². The fourth-order valence-corrected chi connectivity index (χ4v) is 3.06. The number of aromatic nitrogens is 1. The first kappa shape index (κ1) is 14.2. The van der Waals surface area contributed by atoms with Gasteiger partial charge in [-0.15, -0.1) is 0 Å². The molecular weight excluding hydrogens is 308 g/mol. The van der Waals surface area contributed by atoms with Crippen molar-refractivity contribution >= 4 is 16.9 Å². The van der Waals surface area contributed by atoms with Crippen molar-refractivity contribution in [3.05, 3.63) is 39.2 Å². The number of rotatable bonds is 3. The Balaban J connectivity index is 2.20. The lowest BCUT2D eigenvalue weighted by Gasteiger charge is -2.16. The van der Waals surface area contributed by atoms with Gasteiger partial charge in [-0.05, 0) is 31.6 Å². The van der Waals surface area contributed by atoms with Crippen LogP contribution in [0.25, 0.3) is 10.9 Å². The van der Waals surface area contributed by atoms with Crippen molar-refractivity contribution in [2.24, 2.45) is 0 Å². The third-order valence-electron chi connectivity index (χ3n) is 4.52. The van der Waals surface area contributed by atoms with E-state index in [2.05, 4.69) is 0 Å². The molecule has 23 heavy (non-hydrogen) atoms. The fraction of sp³-hybridized carbons (Fsp3) is 0.375. The molecular formula is C16H13F2NO4. The maximum absolute atomic E-state index is 14.9. The molecule has 2 aromatic rings. The number of phenolic OH excluding ortho intramolecular Hbond substituents is 1. The Labute approximate surface area is 128 Å². The van der Waals surface area contributed by atoms with Crippen LogP contribution in [0.2, 0.25) is 0 Å². The summed E-state index contributed by atoms with van der Waals surface area (Å²) in [4.78, 5) is 23.5. The first-order chi connectivity index (χ1) is 10.9. The van der Waals surface area contributed by atoms with E-state index in [9.17, 15) is 23.5 Å². The first-order valence-electron chi connectivity index (χ1n) is 7.43. The topological polar surface area (TPSA) is 79.5 Å². The Hall–Kier alpha value is -2.44. The molecule has 2 aliphatic carbocycles. The summed E-state index contributed by atoms with van der Waals surface area (Å²) in [6, 6.07) is -0.136. The molecule has 120 valence electrons. The number of nitrogens with zero attached hydrogens (tertiary/aromatic N) is 1. The summed E-state index contributed by atoms with van der Waals surface area (Å²) in [5, 5.41) is 18.7. The lowest BCUT2D eigenvalue weighted by atomic mass is 10.0. The van der Waals surface area contributed by atoms with E-state index in [0.29, 0.717) is 25.7 Å². The van der Waals surface area contributed by atoms with Crippen molar-refractivity contribution in [1.82, 2.24) is 4.57 Å². The maximum Gasteiger partial charge on any atom is 0.341 e. The van der Waals surface area contributed by atoms with Gasteiger partial charge in [-0.2, -0.15) is 0 Å². The molecule has 0 saturated heterocycles. The number of carboxylic acids is 1. The van der Waals surface area contributed by atoms with Crippen molar-refractivity contribution in [2.45, 2.75) is 37.6 Å². The fourth-order valence-electron chi connectivity index (χ4n) is 3.06. The maximum atomic E-state index is 14.9. The largest absolute Gasteiger partial charge is 0.504 e. The zero-order chi connectivity index (χ0) is 16.5. The first-order valence-corrected chi connectivity index (χ1v) is 7.43. The van der Waals surface area contributed by atoms with E-state index < -0.39 is 39.7 Å². The highest BCUT2D eigenvalue weighted by Crippen LogP contribution is 2.47. The second-order valence-electron chi connectivity index (χ2n) is 6.20. The van der Waals surface area contributed by atoms with Crippen molar-refractivity contribution in [2.75, 3.05) is 0 Å². The van der Waals surface area contributed by atoms with Gasteiger partial charge in [0.2, 0.25) is 5.43 Å². The van der Waals surface area contributed by atoms with E-state index in [1.807, 2.05) is 0 Å². The van der Waals surface area contributed by atoms with Crippen molar-refractivity contribution < 1.29 is 23.8 Å². The predicted octanol–water partition coefficient (Wildman–Crippen LogP) is 2.90. The number of carboxylic acid groups (broad SMARTS) is 1. The van der Waals surface area contributed by atoms with Crippen molar-refractivity contribution in [3.8, 4) is 5.75 Å². The summed E-state index contributed by atoms with van der Waals surface area (Å²) in [7, 11) is 0. The summed E-state index contributed by atoms with van der Waals surface area (Å²) in [6.45, 7) is 0. The lowest BCUT2D eigenvalue weighted by molar-refractivity contribution is 0.0695. The van der Waals surface area contributed by atoms with Gasteiger partial charge in [0, 0.05) is 17.8 Å². The molecule has 5 nitrogen and oxygen atoms in total. The van der Waals surface area contributed by atoms with Crippen LogP contribution >= 0.6 is 0 Å². The van der Waals surface area contributed by atoms with E-state index in [1.165, 1.54) is 4.57 Å². The Kier molecular flexibility index (Phi) is 2.79. The Morgan fingerprint density at radius 1 is 1.17 bits per heavy atom. The van der Waals surface area contributed by atoms with Crippen LogP contribution in [-0.4, -0.2) is 20.7 Å². The zero-order valence-electron chi connectivity index (χ0n) is 12.0. The molecule has 2 N–H and O–H groups in total. The summed E-state index contributed by atoms with van der Waals surface area (Å²) in [5.74, 6) is -4.76. The average Bonchev–Trinajstić information content (AvgIpc) is 3.36. The molecule has 0 radical (unpaired) electrons. The van der Waals surface area contributed by atoms with Crippen LogP contribution in [-0.2, 0) is 0 Å². The third-order valence-corrected chi connectivity index (χ3v) is 4.52. The number of halogens is 2. The number of carbonyl (C=O) groups is 1. The van der Waals surface area contributed by atoms with Crippen LogP contribution in [0.4, 0.5) is 8.78 Å². The molecule has 0 aliphatic heterocycles. The number of benzene rings is 1. The molecule has 2 saturated carbocycles. The number of phenols is 1. The zero-order valence-corrected chi connectivity index (χ0v) is 12.0. The monoisotopic (exact) mass is 321 g/mol. The number of hydrogen-bond acceptors (Lipinski definition) is 3. The van der Waals surface area contributed by atoms with Gasteiger partial charge in [0.25, 0.3) is 0 Å². The van der Waals surface area contributed by atoms with E-state index in [0.717, 1.165) is 6.20 Å². The molecule has 0 bridgehead atoms. The van der Waals surface area contributed by atoms with Gasteiger partial charge in [-0.3, -0.25) is 4.79 Å². The quantitative estimate of drug-likeness (QED) is 0.911. The average molecular weight is 321 g/mol. The van der Waals surface area contributed by atoms with Crippen LogP contribution in [0.3, 0.4) is 0 Å². The van der Waals surface area contributed by atoms with Gasteiger partial charge in [0.05, 0.1) is 10.9 Å². The van der Waals surface area contributed by atoms with E-state index in [-0.39, 0.29) is 23.0 Å². The minimum Gasteiger partial charge on any atom is -0.504 e. The highest BCUT2D eigenvalue weighted by molar-refractivity contribution is 5.95. The molecule has 2 fully saturated rings. The molecule has 0 amide bonds. The Morgan fingerprint density at radius 2 is 1.83 bits per heavy atom. The van der Waals surface area contributed by atoms with Gasteiger partial charge in [-0.1, -0.05) is 0 Å².